The number of benzene rings is 3. The average Bonchev–Trinajstić information content (AvgIpc) is 2.83. The normalized spacial score (nSPS) is 14.4. The van der Waals surface area contributed by atoms with E-state index in [0.717, 1.165) is 11.1 Å². The van der Waals surface area contributed by atoms with Gasteiger partial charge in [-0.2, -0.15) is 0 Å². The molecule has 0 atom stereocenters. The van der Waals surface area contributed by atoms with Gasteiger partial charge in [-0.05, 0) is 48.9 Å². The molecule has 6 nitrogen and oxygen atoms in total. The molecule has 172 valence electrons. The zero-order valence-corrected chi connectivity index (χ0v) is 19.2. The fraction of sp³-hybridized carbons (Fsp3) is 0.240. The lowest BCUT2D eigenvalue weighted by molar-refractivity contribution is 0.0746. The van der Waals surface area contributed by atoms with E-state index in [9.17, 15) is 17.6 Å². The van der Waals surface area contributed by atoms with Gasteiger partial charge in [0, 0.05) is 38.3 Å². The first-order valence-electron chi connectivity index (χ1n) is 10.8. The number of nitrogens with zero attached hydrogens (tertiary/aromatic N) is 2. The summed E-state index contributed by atoms with van der Waals surface area (Å²) in [7, 11) is -3.61. The van der Waals surface area contributed by atoms with E-state index >= 15 is 0 Å². The number of carbonyl (C=O) groups is 1. The lowest BCUT2D eigenvalue weighted by atomic mass is 10.1. The number of sulfonamides is 1. The van der Waals surface area contributed by atoms with Crippen molar-refractivity contribution in [1.29, 1.82) is 0 Å². The minimum atomic E-state index is -3.61. The Labute approximate surface area is 193 Å². The highest BCUT2D eigenvalue weighted by molar-refractivity contribution is 7.89. The standard InChI is InChI=1S/C25H26FN3O3S/c1-19-6-12-22(13-7-19)33(31,32)27-18-20-8-10-21(11-9-20)25(30)29-16-14-28(15-17-29)24-5-3-2-4-23(24)26/h2-13,27H,14-18H2,1H3. The Hall–Kier alpha value is -3.23. The summed E-state index contributed by atoms with van der Waals surface area (Å²) in [6.07, 6.45) is 0. The maximum absolute atomic E-state index is 14.0. The highest BCUT2D eigenvalue weighted by Crippen LogP contribution is 2.21. The molecule has 0 unspecified atom stereocenters. The molecule has 1 heterocycles. The highest BCUT2D eigenvalue weighted by atomic mass is 32.2. The number of halogens is 1. The summed E-state index contributed by atoms with van der Waals surface area (Å²) in [6.45, 7) is 4.16. The van der Waals surface area contributed by atoms with Gasteiger partial charge in [-0.25, -0.2) is 17.5 Å². The van der Waals surface area contributed by atoms with Crippen molar-refractivity contribution in [2.24, 2.45) is 0 Å². The van der Waals surface area contributed by atoms with E-state index in [1.54, 1.807) is 71.6 Å². The molecule has 1 amide bonds. The summed E-state index contributed by atoms with van der Waals surface area (Å²) in [5, 5.41) is 0. The number of nitrogens with one attached hydrogen (secondary N) is 1. The molecule has 1 aliphatic heterocycles. The van der Waals surface area contributed by atoms with Crippen LogP contribution in [0.15, 0.2) is 77.7 Å². The Morgan fingerprint density at radius 1 is 0.909 bits per heavy atom. The summed E-state index contributed by atoms with van der Waals surface area (Å²) >= 11 is 0. The Morgan fingerprint density at radius 3 is 2.18 bits per heavy atom. The second-order valence-electron chi connectivity index (χ2n) is 8.07. The van der Waals surface area contributed by atoms with E-state index in [4.69, 9.17) is 0 Å². The molecular weight excluding hydrogens is 441 g/mol. The van der Waals surface area contributed by atoms with E-state index in [0.29, 0.717) is 37.4 Å². The molecule has 33 heavy (non-hydrogen) atoms. The van der Waals surface area contributed by atoms with Gasteiger partial charge in [-0.3, -0.25) is 4.79 Å². The maximum atomic E-state index is 14.0. The zero-order valence-electron chi connectivity index (χ0n) is 18.4. The molecule has 1 N–H and O–H groups in total. The molecule has 0 bridgehead atoms. The summed E-state index contributed by atoms with van der Waals surface area (Å²) < 4.78 is 41.5. The van der Waals surface area contributed by atoms with Crippen molar-refractivity contribution in [3.05, 3.63) is 95.3 Å². The molecule has 3 aromatic rings. The van der Waals surface area contributed by atoms with Crippen molar-refractivity contribution in [2.75, 3.05) is 31.1 Å². The van der Waals surface area contributed by atoms with Crippen LogP contribution in [0.25, 0.3) is 0 Å². The number of hydrogen-bond acceptors (Lipinski definition) is 4. The average molecular weight is 468 g/mol. The van der Waals surface area contributed by atoms with E-state index in [-0.39, 0.29) is 23.2 Å². The third kappa shape index (κ3) is 5.40. The largest absolute Gasteiger partial charge is 0.366 e. The number of carbonyl (C=O) groups excluding carboxylic acids is 1. The van der Waals surface area contributed by atoms with Crippen LogP contribution in [0.4, 0.5) is 10.1 Å². The third-order valence-corrected chi connectivity index (χ3v) is 7.18. The minimum Gasteiger partial charge on any atom is -0.366 e. The summed E-state index contributed by atoms with van der Waals surface area (Å²) in [4.78, 5) is 16.8. The number of hydrogen-bond donors (Lipinski definition) is 1. The molecular formula is C25H26FN3O3S. The number of anilines is 1. The minimum absolute atomic E-state index is 0.0880. The predicted octanol–water partition coefficient (Wildman–Crippen LogP) is 3.58. The Bertz CT molecular complexity index is 1220. The molecule has 1 saturated heterocycles. The van der Waals surface area contributed by atoms with Gasteiger partial charge >= 0.3 is 0 Å². The van der Waals surface area contributed by atoms with Crippen LogP contribution in [0.3, 0.4) is 0 Å². The van der Waals surface area contributed by atoms with Crippen LogP contribution in [0.5, 0.6) is 0 Å². The molecule has 0 aliphatic carbocycles. The summed E-state index contributed by atoms with van der Waals surface area (Å²) in [5.74, 6) is -0.346. The molecule has 0 radical (unpaired) electrons. The molecule has 0 spiro atoms. The first-order chi connectivity index (χ1) is 15.8. The van der Waals surface area contributed by atoms with Crippen molar-refractivity contribution >= 4 is 21.6 Å². The second kappa shape index (κ2) is 9.72. The molecule has 0 saturated carbocycles. The van der Waals surface area contributed by atoms with Gasteiger partial charge < -0.3 is 9.80 Å². The molecule has 8 heteroatoms. The van der Waals surface area contributed by atoms with Gasteiger partial charge in [0.25, 0.3) is 5.91 Å². The maximum Gasteiger partial charge on any atom is 0.253 e. The lowest BCUT2D eigenvalue weighted by Crippen LogP contribution is -2.49. The predicted molar refractivity (Wildman–Crippen MR) is 126 cm³/mol. The van der Waals surface area contributed by atoms with Gasteiger partial charge in [0.1, 0.15) is 5.82 Å². The van der Waals surface area contributed by atoms with Crippen molar-refractivity contribution in [3.63, 3.8) is 0 Å². The number of aryl methyl sites for hydroxylation is 1. The van der Waals surface area contributed by atoms with Crippen LogP contribution >= 0.6 is 0 Å². The molecule has 1 fully saturated rings. The van der Waals surface area contributed by atoms with Crippen molar-refractivity contribution < 1.29 is 17.6 Å². The van der Waals surface area contributed by atoms with Crippen molar-refractivity contribution in [1.82, 2.24) is 9.62 Å². The molecule has 3 aromatic carbocycles. The van der Waals surface area contributed by atoms with Gasteiger partial charge in [0.2, 0.25) is 10.0 Å². The first kappa shape index (κ1) is 22.9. The fourth-order valence-electron chi connectivity index (χ4n) is 3.79. The van der Waals surface area contributed by atoms with E-state index in [2.05, 4.69) is 4.72 Å². The topological polar surface area (TPSA) is 69.7 Å². The lowest BCUT2D eigenvalue weighted by Gasteiger charge is -2.36. The number of rotatable bonds is 6. The van der Waals surface area contributed by atoms with E-state index < -0.39 is 10.0 Å². The van der Waals surface area contributed by atoms with E-state index in [1.807, 2.05) is 11.8 Å². The number of amides is 1. The van der Waals surface area contributed by atoms with E-state index in [1.165, 1.54) is 6.07 Å². The van der Waals surface area contributed by atoms with Crippen LogP contribution in [0.2, 0.25) is 0 Å². The van der Waals surface area contributed by atoms with Gasteiger partial charge in [0.05, 0.1) is 10.6 Å². The molecule has 4 rings (SSSR count). The van der Waals surface area contributed by atoms with Crippen LogP contribution in [0, 0.1) is 12.7 Å². The quantitative estimate of drug-likeness (QED) is 0.602. The Balaban J connectivity index is 1.33. The van der Waals surface area contributed by atoms with Gasteiger partial charge in [-0.15, -0.1) is 0 Å². The van der Waals surface area contributed by atoms with Gasteiger partial charge in [-0.1, -0.05) is 42.0 Å². The molecule has 1 aliphatic rings. The van der Waals surface area contributed by atoms with Crippen molar-refractivity contribution in [2.45, 2.75) is 18.4 Å². The first-order valence-corrected chi connectivity index (χ1v) is 12.3. The smallest absolute Gasteiger partial charge is 0.253 e. The Morgan fingerprint density at radius 2 is 1.55 bits per heavy atom. The zero-order chi connectivity index (χ0) is 23.4. The van der Waals surface area contributed by atoms with Crippen LogP contribution < -0.4 is 9.62 Å². The van der Waals surface area contributed by atoms with Crippen LogP contribution in [0.1, 0.15) is 21.5 Å². The molecule has 0 aromatic heterocycles. The number of para-hydroxylation sites is 1. The monoisotopic (exact) mass is 467 g/mol. The van der Waals surface area contributed by atoms with Crippen LogP contribution in [-0.4, -0.2) is 45.4 Å². The van der Waals surface area contributed by atoms with Crippen molar-refractivity contribution in [3.8, 4) is 0 Å². The SMILES string of the molecule is Cc1ccc(S(=O)(=O)NCc2ccc(C(=O)N3CCN(c4ccccc4F)CC3)cc2)cc1. The number of piperazine rings is 1. The summed E-state index contributed by atoms with van der Waals surface area (Å²) in [5.41, 5.74) is 2.84. The summed E-state index contributed by atoms with van der Waals surface area (Å²) in [6, 6.07) is 20.2. The fourth-order valence-corrected chi connectivity index (χ4v) is 4.80. The van der Waals surface area contributed by atoms with Crippen LogP contribution in [-0.2, 0) is 16.6 Å². The highest BCUT2D eigenvalue weighted by Gasteiger charge is 2.23. The second-order valence-corrected chi connectivity index (χ2v) is 9.83. The third-order valence-electron chi connectivity index (χ3n) is 5.76. The Kier molecular flexibility index (Phi) is 6.76. The van der Waals surface area contributed by atoms with Gasteiger partial charge in [0.15, 0.2) is 0 Å².